The number of rotatable bonds is 28. The third kappa shape index (κ3) is 25.0. The van der Waals surface area contributed by atoms with Crippen molar-refractivity contribution in [1.82, 2.24) is 15.3 Å². The number of unbranched alkanes of at least 4 members (excludes halogenated alkanes) is 4. The Morgan fingerprint density at radius 2 is 0.859 bits per heavy atom. The Bertz CT molecular complexity index is 1920. The number of nitrogens with zero attached hydrogens (tertiary/aromatic N) is 9. The van der Waals surface area contributed by atoms with Gasteiger partial charge in [0.05, 0.1) is 41.4 Å². The summed E-state index contributed by atoms with van der Waals surface area (Å²) >= 11 is 5.91. The van der Waals surface area contributed by atoms with Crippen molar-refractivity contribution in [1.29, 1.82) is 0 Å². The fourth-order valence-corrected chi connectivity index (χ4v) is 59.1. The van der Waals surface area contributed by atoms with Crippen LogP contribution in [0.5, 0.6) is 0 Å². The minimum atomic E-state index is -2.61. The maximum absolute atomic E-state index is 6.17. The Morgan fingerprint density at radius 1 is 0.391 bits per heavy atom. The maximum Gasteiger partial charge on any atom is 0.343 e. The lowest BCUT2D eigenvalue weighted by Crippen LogP contribution is -2.24. The largest absolute Gasteiger partial charge is 0.343 e. The van der Waals surface area contributed by atoms with E-state index in [4.69, 9.17) is 54.2 Å². The van der Waals surface area contributed by atoms with Crippen LogP contribution in [0.4, 0.5) is 0 Å². The lowest BCUT2D eigenvalue weighted by atomic mass is 10.3. The van der Waals surface area contributed by atoms with Crippen LogP contribution in [0.3, 0.4) is 0 Å². The van der Waals surface area contributed by atoms with Crippen LogP contribution < -0.4 is 15.3 Å². The molecule has 3 aliphatic rings. The number of hydrogen-bond acceptors (Lipinski definition) is 18. The van der Waals surface area contributed by atoms with Crippen LogP contribution in [0.25, 0.3) is 0 Å². The van der Waals surface area contributed by atoms with Gasteiger partial charge in [0.2, 0.25) is 14.9 Å². The molecule has 0 saturated carbocycles. The zero-order chi connectivity index (χ0) is 48.7. The van der Waals surface area contributed by atoms with Crippen LogP contribution in [0.15, 0.2) is 40.6 Å². The average molecular weight is 1130 g/mol. The first-order chi connectivity index (χ1) is 29.9. The van der Waals surface area contributed by atoms with Gasteiger partial charge in [-0.1, -0.05) is 122 Å². The molecule has 3 N–H and O–H groups in total. The fourth-order valence-electron chi connectivity index (χ4n) is 6.19. The van der Waals surface area contributed by atoms with Crippen molar-refractivity contribution >= 4 is 97.7 Å². The summed E-state index contributed by atoms with van der Waals surface area (Å²) in [5, 5.41) is 11.0. The van der Waals surface area contributed by atoms with E-state index >= 15 is 0 Å². The first-order valence-electron chi connectivity index (χ1n) is 23.5. The number of nitrogens with one attached hydrogen (secondary N) is 3. The molecule has 0 bridgehead atoms. The van der Waals surface area contributed by atoms with Gasteiger partial charge in [0.25, 0.3) is 0 Å². The van der Waals surface area contributed by atoms with Gasteiger partial charge in [0.15, 0.2) is 5.61 Å². The molecule has 0 spiro atoms. The molecule has 0 radical (unpaired) electrons. The molecular formula is C37H95N12O3P9S3. The zero-order valence-electron chi connectivity index (χ0n) is 43.4. The summed E-state index contributed by atoms with van der Waals surface area (Å²) in [6.07, 6.45) is 9.28. The van der Waals surface area contributed by atoms with E-state index in [1.54, 1.807) is 0 Å². The van der Waals surface area contributed by atoms with Gasteiger partial charge < -0.3 is 13.6 Å². The molecule has 4 atom stereocenters. The van der Waals surface area contributed by atoms with Crippen molar-refractivity contribution < 1.29 is 13.6 Å². The predicted octanol–water partition coefficient (Wildman–Crippen LogP) is 20.0. The average Bonchev–Trinajstić information content (AvgIpc) is 3.15. The Hall–Kier alpha value is 2.88. The first-order valence-corrected chi connectivity index (χ1v) is 47.3. The quantitative estimate of drug-likeness (QED) is 0.0509. The number of hydrogen-bond donors (Lipinski definition) is 3. The second-order valence-electron chi connectivity index (χ2n) is 16.9. The molecule has 0 aromatic carbocycles. The molecule has 4 unspecified atom stereocenters. The highest BCUT2D eigenvalue weighted by Gasteiger charge is 2.34. The Labute approximate surface area is 407 Å². The summed E-state index contributed by atoms with van der Waals surface area (Å²) in [6, 6.07) is 0. The summed E-state index contributed by atoms with van der Waals surface area (Å²) in [7, 11) is -13.7. The van der Waals surface area contributed by atoms with E-state index in [0.717, 1.165) is 94.7 Å². The third-order valence-electron chi connectivity index (χ3n) is 8.46. The van der Waals surface area contributed by atoms with Crippen molar-refractivity contribution in [3.05, 3.63) is 0 Å². The van der Waals surface area contributed by atoms with Gasteiger partial charge in [0, 0.05) is 33.0 Å². The van der Waals surface area contributed by atoms with Crippen molar-refractivity contribution in [2.75, 3.05) is 117 Å². The van der Waals surface area contributed by atoms with Gasteiger partial charge in [0.1, 0.15) is 13.8 Å². The van der Waals surface area contributed by atoms with Crippen molar-refractivity contribution in [2.24, 2.45) is 40.6 Å². The van der Waals surface area contributed by atoms with Gasteiger partial charge in [-0.2, -0.15) is 13.5 Å². The van der Waals surface area contributed by atoms with Crippen LogP contribution in [0.2, 0.25) is 0 Å². The summed E-state index contributed by atoms with van der Waals surface area (Å²) in [4.78, 5) is 0. The molecule has 0 amide bonds. The highest BCUT2D eigenvalue weighted by molar-refractivity contribution is 8.91. The topological polar surface area (TPSA) is 175 Å². The molecule has 3 heterocycles. The lowest BCUT2D eigenvalue weighted by Gasteiger charge is -2.33. The second kappa shape index (κ2) is 31.5. The molecule has 0 fully saturated rings. The van der Waals surface area contributed by atoms with Gasteiger partial charge in [-0.05, 0) is 102 Å². The van der Waals surface area contributed by atoms with Crippen LogP contribution in [0, 0.1) is 0 Å². The van der Waals surface area contributed by atoms with Gasteiger partial charge >= 0.3 is 7.66 Å². The molecule has 0 aromatic heterocycles. The van der Waals surface area contributed by atoms with Crippen molar-refractivity contribution in [2.45, 2.75) is 127 Å². The molecular weight excluding hydrogens is 1040 g/mol. The van der Waals surface area contributed by atoms with E-state index in [1.165, 1.54) is 6.42 Å². The molecule has 0 saturated heterocycles. The molecule has 0 aliphatic carbocycles. The lowest BCUT2D eigenvalue weighted by molar-refractivity contribution is 0.234. The first kappa shape index (κ1) is 64.9. The fraction of sp³-hybridized carbons (Fsp3) is 1.00. The zero-order valence-corrected chi connectivity index (χ0v) is 53.9. The normalized spacial score (nSPS) is 27.8. The molecule has 64 heavy (non-hydrogen) atoms. The molecule has 15 nitrogen and oxygen atoms in total. The molecule has 27 heteroatoms. The second-order valence-corrected chi connectivity index (χ2v) is 52.0. The summed E-state index contributed by atoms with van der Waals surface area (Å²) in [5.74, 6) is 3.31. The van der Waals surface area contributed by atoms with Gasteiger partial charge in [-0.15, -0.1) is 0 Å². The van der Waals surface area contributed by atoms with E-state index in [9.17, 15) is 0 Å². The van der Waals surface area contributed by atoms with E-state index in [0.29, 0.717) is 19.8 Å². The van der Waals surface area contributed by atoms with Crippen molar-refractivity contribution in [3.63, 3.8) is 0 Å². The van der Waals surface area contributed by atoms with E-state index in [2.05, 4.69) is 131 Å². The molecule has 384 valence electrons. The summed E-state index contributed by atoms with van der Waals surface area (Å²) in [6.45, 7) is 44.2. The standard InChI is InChI=1S/C15H36N3O3P3.C13H35N6P3.C9H24N3P3S3/c1-7-10-13-19-23(6)16-22(4,5)17-24(18-23,20-14-11-8-2)21-15-12-9-3;1-7-10-13-16-22(15-12-9-3)18-20(4,5)17-21(6,19-22)14-11-8-2;1-7-16-14(6)10-13(4,5)11-15(12-14,17-8-2)18-9-3/h7-15H2,1-6H3;14-16H,7-13H2,1-6H3;7-9H2,1-6H3. The smallest absolute Gasteiger partial charge is 0.327 e. The molecule has 3 rings (SSSR count). The van der Waals surface area contributed by atoms with E-state index < -0.39 is 63.6 Å². The Morgan fingerprint density at radius 3 is 1.36 bits per heavy atom. The van der Waals surface area contributed by atoms with E-state index in [-0.39, 0.29) is 0 Å². The minimum Gasteiger partial charge on any atom is -0.327 e. The Kier molecular flexibility index (Phi) is 31.9. The molecule has 0 aromatic rings. The van der Waals surface area contributed by atoms with Crippen molar-refractivity contribution in [3.8, 4) is 0 Å². The predicted molar refractivity (Wildman–Crippen MR) is 314 cm³/mol. The van der Waals surface area contributed by atoms with Crippen LogP contribution in [0.1, 0.15) is 127 Å². The van der Waals surface area contributed by atoms with Crippen LogP contribution >= 0.6 is 97.7 Å². The molecule has 3 aliphatic heterocycles. The third-order valence-corrected chi connectivity index (χ3v) is 50.2. The highest BCUT2D eigenvalue weighted by atomic mass is 33.1. The van der Waals surface area contributed by atoms with Gasteiger partial charge in [-0.3, -0.25) is 15.3 Å². The van der Waals surface area contributed by atoms with E-state index in [1.807, 2.05) is 40.8 Å². The SMILES string of the molecule is CCCCNP1(NCCC)=NP(C)(C)=NP(C)(NCCC)=N1.CCCCOP1(C)=NP(OCCCC)(OCCCC)=NP(C)(C)=N1.CCSP1(C)=NP(SCC)(SCC)=NP(C)(C)=N1. The van der Waals surface area contributed by atoms with Crippen LogP contribution in [-0.4, -0.2) is 117 Å². The maximum atomic E-state index is 6.17. The summed E-state index contributed by atoms with van der Waals surface area (Å²) < 4.78 is 63.9. The highest BCUT2D eigenvalue weighted by Crippen LogP contribution is 2.87. The van der Waals surface area contributed by atoms with Crippen LogP contribution in [-0.2, 0) is 13.6 Å². The van der Waals surface area contributed by atoms with Gasteiger partial charge in [-0.25, -0.2) is 27.1 Å². The minimum absolute atomic E-state index is 0.637. The summed E-state index contributed by atoms with van der Waals surface area (Å²) in [5.41, 5.74) is -1.60. The Balaban J connectivity index is 0.000000485. The monoisotopic (exact) mass is 1130 g/mol.